The first-order valence-corrected chi connectivity index (χ1v) is 3.89. The maximum atomic E-state index is 10.5. The molecule has 0 aromatic heterocycles. The Morgan fingerprint density at radius 1 is 1.50 bits per heavy atom. The van der Waals surface area contributed by atoms with Gasteiger partial charge in [0.2, 0.25) is 0 Å². The van der Waals surface area contributed by atoms with Crippen LogP contribution in [0.25, 0.3) is 0 Å². The Morgan fingerprint density at radius 2 is 2.00 bits per heavy atom. The largest absolute Gasteiger partial charge is 0.443 e. The van der Waals surface area contributed by atoms with Gasteiger partial charge in [0.05, 0.1) is 0 Å². The fourth-order valence-electron chi connectivity index (χ4n) is 1.26. The minimum atomic E-state index is -0.661. The van der Waals surface area contributed by atoms with Crippen molar-refractivity contribution in [1.82, 2.24) is 0 Å². The van der Waals surface area contributed by atoms with E-state index in [-0.39, 0.29) is 5.97 Å². The quantitative estimate of drug-likeness (QED) is 0.436. The van der Waals surface area contributed by atoms with E-state index in [1.54, 1.807) is 0 Å². The molecule has 10 heavy (non-hydrogen) atoms. The van der Waals surface area contributed by atoms with Gasteiger partial charge in [-0.25, -0.2) is 0 Å². The van der Waals surface area contributed by atoms with Crippen LogP contribution in [0.1, 0.15) is 32.6 Å². The molecule has 0 atom stereocenters. The molecular weight excluding hydrogens is 152 g/mol. The Balaban J connectivity index is 2.43. The number of carbonyl (C=O) groups excluding carboxylic acids is 1. The minimum Gasteiger partial charge on any atom is -0.443 e. The summed E-state index contributed by atoms with van der Waals surface area (Å²) in [5, 5.41) is -0.661. The van der Waals surface area contributed by atoms with Crippen molar-refractivity contribution in [2.45, 2.75) is 37.7 Å². The fraction of sp³-hybridized carbons (Fsp3) is 0.857. The fourth-order valence-corrected chi connectivity index (χ4v) is 1.64. The molecule has 0 radical (unpaired) electrons. The van der Waals surface area contributed by atoms with Gasteiger partial charge in [-0.3, -0.25) is 4.79 Å². The van der Waals surface area contributed by atoms with Crippen LogP contribution in [0.2, 0.25) is 0 Å². The minimum absolute atomic E-state index is 0.281. The molecular formula is C7H11ClO2. The van der Waals surface area contributed by atoms with E-state index >= 15 is 0 Å². The second-order valence-corrected chi connectivity index (χ2v) is 3.37. The van der Waals surface area contributed by atoms with Crippen molar-refractivity contribution in [2.24, 2.45) is 0 Å². The summed E-state index contributed by atoms with van der Waals surface area (Å²) >= 11 is 5.92. The average Bonchev–Trinajstić information content (AvgIpc) is 2.12. The zero-order valence-electron chi connectivity index (χ0n) is 6.02. The van der Waals surface area contributed by atoms with E-state index in [0.29, 0.717) is 0 Å². The SMILES string of the molecule is CC(=O)OC1(Cl)CCCC1. The number of carbonyl (C=O) groups is 1. The zero-order valence-corrected chi connectivity index (χ0v) is 6.78. The highest BCUT2D eigenvalue weighted by atomic mass is 35.5. The summed E-state index contributed by atoms with van der Waals surface area (Å²) in [6, 6.07) is 0. The average molecular weight is 163 g/mol. The highest BCUT2D eigenvalue weighted by molar-refractivity contribution is 6.23. The van der Waals surface area contributed by atoms with Crippen molar-refractivity contribution in [2.75, 3.05) is 0 Å². The lowest BCUT2D eigenvalue weighted by atomic mass is 10.3. The molecule has 1 aliphatic carbocycles. The van der Waals surface area contributed by atoms with Crippen molar-refractivity contribution in [3.8, 4) is 0 Å². The third-order valence-corrected chi connectivity index (χ3v) is 2.13. The van der Waals surface area contributed by atoms with E-state index < -0.39 is 5.06 Å². The van der Waals surface area contributed by atoms with Crippen LogP contribution in [0.3, 0.4) is 0 Å². The Morgan fingerprint density at radius 3 is 2.40 bits per heavy atom. The molecule has 0 saturated heterocycles. The first-order valence-electron chi connectivity index (χ1n) is 3.51. The molecule has 1 aliphatic rings. The maximum absolute atomic E-state index is 10.5. The van der Waals surface area contributed by atoms with Crippen molar-refractivity contribution >= 4 is 17.6 Å². The van der Waals surface area contributed by atoms with Gasteiger partial charge in [-0.1, -0.05) is 11.6 Å². The lowest BCUT2D eigenvalue weighted by molar-refractivity contribution is -0.148. The predicted octanol–water partition coefficient (Wildman–Crippen LogP) is 2.06. The van der Waals surface area contributed by atoms with Crippen LogP contribution in [0.4, 0.5) is 0 Å². The standard InChI is InChI=1S/C7H11ClO2/c1-6(9)10-7(8)4-2-3-5-7/h2-5H2,1H3. The van der Waals surface area contributed by atoms with Crippen LogP contribution in [0, 0.1) is 0 Å². The number of rotatable bonds is 1. The molecule has 0 N–H and O–H groups in total. The molecule has 1 rings (SSSR count). The topological polar surface area (TPSA) is 26.3 Å². The molecule has 0 bridgehead atoms. The summed E-state index contributed by atoms with van der Waals surface area (Å²) in [5.74, 6) is -0.281. The smallest absolute Gasteiger partial charge is 0.304 e. The van der Waals surface area contributed by atoms with Crippen LogP contribution < -0.4 is 0 Å². The van der Waals surface area contributed by atoms with Crippen molar-refractivity contribution < 1.29 is 9.53 Å². The van der Waals surface area contributed by atoms with Gasteiger partial charge in [-0.2, -0.15) is 0 Å². The Kier molecular flexibility index (Phi) is 2.19. The van der Waals surface area contributed by atoms with Gasteiger partial charge in [0, 0.05) is 19.8 Å². The lowest BCUT2D eigenvalue weighted by Crippen LogP contribution is -2.23. The second kappa shape index (κ2) is 2.79. The highest BCUT2D eigenvalue weighted by Crippen LogP contribution is 2.36. The normalized spacial score (nSPS) is 22.6. The number of esters is 1. The van der Waals surface area contributed by atoms with Crippen LogP contribution in [0.5, 0.6) is 0 Å². The molecule has 0 spiro atoms. The van der Waals surface area contributed by atoms with E-state index in [2.05, 4.69) is 0 Å². The summed E-state index contributed by atoms with van der Waals surface area (Å²) < 4.78 is 4.93. The van der Waals surface area contributed by atoms with Gasteiger partial charge < -0.3 is 4.74 Å². The first-order chi connectivity index (χ1) is 4.62. The molecule has 58 valence electrons. The summed E-state index contributed by atoms with van der Waals surface area (Å²) in [7, 11) is 0. The van der Waals surface area contributed by atoms with Crippen molar-refractivity contribution in [1.29, 1.82) is 0 Å². The van der Waals surface area contributed by atoms with Crippen LogP contribution in [-0.2, 0) is 9.53 Å². The van der Waals surface area contributed by atoms with E-state index in [1.165, 1.54) is 6.92 Å². The number of hydrogen-bond donors (Lipinski definition) is 0. The Labute approximate surface area is 65.5 Å². The molecule has 3 heteroatoms. The van der Waals surface area contributed by atoms with Crippen LogP contribution in [0.15, 0.2) is 0 Å². The van der Waals surface area contributed by atoms with E-state index in [1.807, 2.05) is 0 Å². The first kappa shape index (κ1) is 7.86. The monoisotopic (exact) mass is 162 g/mol. The molecule has 1 saturated carbocycles. The predicted molar refractivity (Wildman–Crippen MR) is 38.8 cm³/mol. The van der Waals surface area contributed by atoms with Crippen molar-refractivity contribution in [3.63, 3.8) is 0 Å². The highest BCUT2D eigenvalue weighted by Gasteiger charge is 2.34. The second-order valence-electron chi connectivity index (χ2n) is 2.68. The van der Waals surface area contributed by atoms with E-state index in [9.17, 15) is 4.79 Å². The van der Waals surface area contributed by atoms with Gasteiger partial charge in [0.15, 0.2) is 5.06 Å². The third-order valence-electron chi connectivity index (χ3n) is 1.68. The number of ether oxygens (including phenoxy) is 1. The van der Waals surface area contributed by atoms with Gasteiger partial charge in [0.1, 0.15) is 0 Å². The zero-order chi connectivity index (χ0) is 7.61. The summed E-state index contributed by atoms with van der Waals surface area (Å²) in [6.07, 6.45) is 3.73. The third kappa shape index (κ3) is 1.87. The van der Waals surface area contributed by atoms with Gasteiger partial charge >= 0.3 is 5.97 Å². The molecule has 0 aliphatic heterocycles. The van der Waals surface area contributed by atoms with E-state index in [4.69, 9.17) is 16.3 Å². The molecule has 2 nitrogen and oxygen atoms in total. The summed E-state index contributed by atoms with van der Waals surface area (Å²) in [4.78, 5) is 10.5. The number of alkyl halides is 1. The Hall–Kier alpha value is -0.240. The summed E-state index contributed by atoms with van der Waals surface area (Å²) in [6.45, 7) is 1.39. The number of hydrogen-bond acceptors (Lipinski definition) is 2. The number of halogens is 1. The molecule has 0 heterocycles. The van der Waals surface area contributed by atoms with Crippen molar-refractivity contribution in [3.05, 3.63) is 0 Å². The van der Waals surface area contributed by atoms with Gasteiger partial charge in [-0.15, -0.1) is 0 Å². The maximum Gasteiger partial charge on any atom is 0.304 e. The molecule has 1 fully saturated rings. The van der Waals surface area contributed by atoms with Gasteiger partial charge in [-0.05, 0) is 12.8 Å². The van der Waals surface area contributed by atoms with E-state index in [0.717, 1.165) is 25.7 Å². The molecule has 0 amide bonds. The van der Waals surface area contributed by atoms with Gasteiger partial charge in [0.25, 0.3) is 0 Å². The molecule has 0 aromatic carbocycles. The summed E-state index contributed by atoms with van der Waals surface area (Å²) in [5.41, 5.74) is 0. The lowest BCUT2D eigenvalue weighted by Gasteiger charge is -2.19. The van der Waals surface area contributed by atoms with Crippen LogP contribution in [-0.4, -0.2) is 11.0 Å². The van der Waals surface area contributed by atoms with Crippen LogP contribution >= 0.6 is 11.6 Å². The molecule has 0 aromatic rings. The molecule has 0 unspecified atom stereocenters. The Bertz CT molecular complexity index is 139.